The monoisotopic (exact) mass is 348 g/mol. The summed E-state index contributed by atoms with van der Waals surface area (Å²) in [6.07, 6.45) is 1.24. The van der Waals surface area contributed by atoms with Crippen LogP contribution in [-0.4, -0.2) is 17.1 Å². The first-order valence-electron chi connectivity index (χ1n) is 5.81. The van der Waals surface area contributed by atoms with Gasteiger partial charge in [-0.15, -0.1) is 0 Å². The van der Waals surface area contributed by atoms with Crippen molar-refractivity contribution in [1.29, 1.82) is 0 Å². The fourth-order valence-electron chi connectivity index (χ4n) is 1.49. The standard InChI is InChI=1S/C14H9BrN2O4/c15-12-6-4-11(5-7-12)14(18)21-16-9-10-2-1-3-13(8-10)17(19)20/h1-9H/b16-9-. The van der Waals surface area contributed by atoms with E-state index >= 15 is 0 Å². The van der Waals surface area contributed by atoms with Crippen LogP contribution in [0.3, 0.4) is 0 Å². The van der Waals surface area contributed by atoms with Gasteiger partial charge in [-0.25, -0.2) is 4.79 Å². The van der Waals surface area contributed by atoms with Crippen LogP contribution in [0, 0.1) is 10.1 Å². The van der Waals surface area contributed by atoms with Crippen molar-refractivity contribution in [3.8, 4) is 0 Å². The van der Waals surface area contributed by atoms with Gasteiger partial charge in [0.1, 0.15) is 0 Å². The molecule has 0 amide bonds. The highest BCUT2D eigenvalue weighted by Gasteiger charge is 2.07. The molecule has 0 saturated carbocycles. The fourth-order valence-corrected chi connectivity index (χ4v) is 1.76. The van der Waals surface area contributed by atoms with Crippen molar-refractivity contribution in [2.75, 3.05) is 0 Å². The number of carbonyl (C=O) groups excluding carboxylic acids is 1. The maximum absolute atomic E-state index is 11.7. The average molecular weight is 349 g/mol. The van der Waals surface area contributed by atoms with E-state index in [1.54, 1.807) is 30.3 Å². The van der Waals surface area contributed by atoms with Crippen molar-refractivity contribution in [3.05, 3.63) is 74.2 Å². The summed E-state index contributed by atoms with van der Waals surface area (Å²) in [6, 6.07) is 12.4. The molecule has 2 aromatic carbocycles. The third-order valence-corrected chi connectivity index (χ3v) is 3.03. The second-order valence-corrected chi connectivity index (χ2v) is 4.89. The summed E-state index contributed by atoms with van der Waals surface area (Å²) in [4.78, 5) is 26.5. The van der Waals surface area contributed by atoms with E-state index in [-0.39, 0.29) is 5.69 Å². The molecule has 0 unspecified atom stereocenters. The molecule has 21 heavy (non-hydrogen) atoms. The molecule has 2 rings (SSSR count). The number of hydrogen-bond acceptors (Lipinski definition) is 5. The Hall–Kier alpha value is -2.54. The minimum atomic E-state index is -0.607. The van der Waals surface area contributed by atoms with Crippen LogP contribution < -0.4 is 0 Å². The molecular formula is C14H9BrN2O4. The van der Waals surface area contributed by atoms with Crippen LogP contribution in [0.4, 0.5) is 5.69 Å². The van der Waals surface area contributed by atoms with Gasteiger partial charge in [-0.1, -0.05) is 33.2 Å². The molecule has 0 bridgehead atoms. The average Bonchev–Trinajstić information content (AvgIpc) is 2.48. The molecule has 0 aliphatic carbocycles. The number of hydrogen-bond donors (Lipinski definition) is 0. The smallest absolute Gasteiger partial charge is 0.313 e. The zero-order valence-corrected chi connectivity index (χ0v) is 12.2. The number of non-ortho nitro benzene ring substituents is 1. The molecule has 106 valence electrons. The van der Waals surface area contributed by atoms with E-state index in [1.165, 1.54) is 24.4 Å². The highest BCUT2D eigenvalue weighted by molar-refractivity contribution is 9.10. The molecule has 0 heterocycles. The molecule has 0 aromatic heterocycles. The van der Waals surface area contributed by atoms with Gasteiger partial charge < -0.3 is 4.84 Å². The summed E-state index contributed by atoms with van der Waals surface area (Å²) in [5.74, 6) is -0.607. The first-order chi connectivity index (χ1) is 10.1. The van der Waals surface area contributed by atoms with Crippen LogP contribution in [0.2, 0.25) is 0 Å². The molecule has 0 radical (unpaired) electrons. The Morgan fingerprint density at radius 1 is 1.24 bits per heavy atom. The molecule has 0 spiro atoms. The Balaban J connectivity index is 2.02. The van der Waals surface area contributed by atoms with Gasteiger partial charge in [0.15, 0.2) is 0 Å². The summed E-state index contributed by atoms with van der Waals surface area (Å²) >= 11 is 3.26. The second kappa shape index (κ2) is 6.76. The van der Waals surface area contributed by atoms with Gasteiger partial charge in [-0.2, -0.15) is 0 Å². The Bertz CT molecular complexity index is 698. The van der Waals surface area contributed by atoms with Crippen molar-refractivity contribution in [2.24, 2.45) is 5.16 Å². The Morgan fingerprint density at radius 2 is 1.95 bits per heavy atom. The van der Waals surface area contributed by atoms with Gasteiger partial charge >= 0.3 is 5.97 Å². The minimum Gasteiger partial charge on any atom is -0.313 e. The van der Waals surface area contributed by atoms with Crippen molar-refractivity contribution in [2.45, 2.75) is 0 Å². The fraction of sp³-hybridized carbons (Fsp3) is 0. The minimum absolute atomic E-state index is 0.0572. The van der Waals surface area contributed by atoms with Crippen molar-refractivity contribution in [1.82, 2.24) is 0 Å². The molecular weight excluding hydrogens is 340 g/mol. The molecule has 6 nitrogen and oxygen atoms in total. The normalized spacial score (nSPS) is 10.5. The van der Waals surface area contributed by atoms with Gasteiger partial charge in [-0.05, 0) is 24.3 Å². The first-order valence-corrected chi connectivity index (χ1v) is 6.60. The predicted molar refractivity (Wildman–Crippen MR) is 80.2 cm³/mol. The van der Waals surface area contributed by atoms with E-state index in [1.807, 2.05) is 0 Å². The van der Waals surface area contributed by atoms with Crippen LogP contribution in [0.25, 0.3) is 0 Å². The number of oxime groups is 1. The summed E-state index contributed by atoms with van der Waals surface area (Å²) < 4.78 is 0.846. The molecule has 7 heteroatoms. The molecule has 0 atom stereocenters. The summed E-state index contributed by atoms with van der Waals surface area (Å²) in [5.41, 5.74) is 0.764. The maximum Gasteiger partial charge on any atom is 0.365 e. The zero-order valence-electron chi connectivity index (χ0n) is 10.6. The number of nitro benzene ring substituents is 1. The second-order valence-electron chi connectivity index (χ2n) is 3.97. The van der Waals surface area contributed by atoms with Crippen LogP contribution in [-0.2, 0) is 4.84 Å². The summed E-state index contributed by atoms with van der Waals surface area (Å²) in [6.45, 7) is 0. The number of benzene rings is 2. The van der Waals surface area contributed by atoms with Gasteiger partial charge in [0.2, 0.25) is 0 Å². The van der Waals surface area contributed by atoms with E-state index in [0.717, 1.165) is 4.47 Å². The quantitative estimate of drug-likeness (QED) is 0.366. The van der Waals surface area contributed by atoms with E-state index in [9.17, 15) is 14.9 Å². The lowest BCUT2D eigenvalue weighted by atomic mass is 10.2. The van der Waals surface area contributed by atoms with Crippen LogP contribution >= 0.6 is 15.9 Å². The van der Waals surface area contributed by atoms with Crippen LogP contribution in [0.5, 0.6) is 0 Å². The van der Waals surface area contributed by atoms with Crippen molar-refractivity contribution < 1.29 is 14.6 Å². The number of halogens is 1. The molecule has 0 fully saturated rings. The lowest BCUT2D eigenvalue weighted by molar-refractivity contribution is -0.384. The van der Waals surface area contributed by atoms with Crippen LogP contribution in [0.15, 0.2) is 58.2 Å². The van der Waals surface area contributed by atoms with Gasteiger partial charge in [0.25, 0.3) is 5.69 Å². The van der Waals surface area contributed by atoms with Crippen molar-refractivity contribution >= 4 is 33.8 Å². The third kappa shape index (κ3) is 4.22. The van der Waals surface area contributed by atoms with Gasteiger partial charge in [0, 0.05) is 22.2 Å². The molecule has 0 aliphatic heterocycles. The topological polar surface area (TPSA) is 81.8 Å². The lowest BCUT2D eigenvalue weighted by Gasteiger charge is -1.98. The largest absolute Gasteiger partial charge is 0.365 e. The third-order valence-electron chi connectivity index (χ3n) is 2.50. The molecule has 0 saturated heterocycles. The molecule has 2 aromatic rings. The van der Waals surface area contributed by atoms with Gasteiger partial charge in [0.05, 0.1) is 16.7 Å². The first kappa shape index (κ1) is 14.9. The number of nitro groups is 1. The van der Waals surface area contributed by atoms with Crippen LogP contribution in [0.1, 0.15) is 15.9 Å². The Kier molecular flexibility index (Phi) is 4.78. The summed E-state index contributed by atoms with van der Waals surface area (Å²) in [7, 11) is 0. The van der Waals surface area contributed by atoms with E-state index in [4.69, 9.17) is 4.84 Å². The summed E-state index contributed by atoms with van der Waals surface area (Å²) in [5, 5.41) is 14.2. The highest BCUT2D eigenvalue weighted by Crippen LogP contribution is 2.13. The number of nitrogens with zero attached hydrogens (tertiary/aromatic N) is 2. The highest BCUT2D eigenvalue weighted by atomic mass is 79.9. The molecule has 0 N–H and O–H groups in total. The van der Waals surface area contributed by atoms with Gasteiger partial charge in [-0.3, -0.25) is 10.1 Å². The van der Waals surface area contributed by atoms with E-state index in [2.05, 4.69) is 21.1 Å². The maximum atomic E-state index is 11.7. The zero-order chi connectivity index (χ0) is 15.2. The van der Waals surface area contributed by atoms with E-state index < -0.39 is 10.9 Å². The lowest BCUT2D eigenvalue weighted by Crippen LogP contribution is -2.00. The Labute approximate surface area is 128 Å². The van der Waals surface area contributed by atoms with Crippen molar-refractivity contribution in [3.63, 3.8) is 0 Å². The number of carbonyl (C=O) groups is 1. The number of rotatable bonds is 4. The van der Waals surface area contributed by atoms with E-state index in [0.29, 0.717) is 11.1 Å². The SMILES string of the molecule is O=C(O/N=C\c1cccc([N+](=O)[O-])c1)c1ccc(Br)cc1. The predicted octanol–water partition coefficient (Wildman–Crippen LogP) is 3.55. The Morgan fingerprint density at radius 3 is 2.62 bits per heavy atom. The molecule has 0 aliphatic rings.